The van der Waals surface area contributed by atoms with Crippen molar-refractivity contribution < 1.29 is 42.2 Å². The number of aliphatic hydroxyl groups excluding tert-OH is 1. The van der Waals surface area contributed by atoms with Crippen molar-refractivity contribution in [2.75, 3.05) is 32.9 Å². The van der Waals surface area contributed by atoms with Crippen molar-refractivity contribution in [1.82, 2.24) is 29.7 Å². The van der Waals surface area contributed by atoms with Crippen LogP contribution in [0.15, 0.2) is 11.1 Å². The number of carbonyl (C=O) groups is 2. The summed E-state index contributed by atoms with van der Waals surface area (Å²) >= 11 is 0. The smallest absolute Gasteiger partial charge is 0.323 e. The summed E-state index contributed by atoms with van der Waals surface area (Å²) in [6.07, 6.45) is 0.116. The SMILES string of the molecule is CC.CC(C)OC(=O)C(C)NP(NCC=O)OCC1CC(O)C(n2cnc3c(=O)[nH]c(N)nc32)O1.COC(C)C.FCF. The van der Waals surface area contributed by atoms with Gasteiger partial charge in [0.1, 0.15) is 18.4 Å². The summed E-state index contributed by atoms with van der Waals surface area (Å²) in [5, 5.41) is 16.4. The predicted molar refractivity (Wildman–Crippen MR) is 158 cm³/mol. The van der Waals surface area contributed by atoms with E-state index in [9.17, 15) is 28.3 Å². The van der Waals surface area contributed by atoms with Gasteiger partial charge in [-0.2, -0.15) is 4.98 Å². The third-order valence-corrected chi connectivity index (χ3v) is 6.58. The predicted octanol–water partition coefficient (Wildman–Crippen LogP) is 2.26. The number of aromatic nitrogens is 4. The standard InChI is InChI=1S/C18H28N7O7P.C4H10O.C2H6.CH2F2/c1-9(2)31-17(29)10(3)24-33(21-4-5-26)30-7-11-6-12(27)16(32-11)25-8-20-13-14(25)22-18(19)23-15(13)28;1-4(2)5-3;1-2;2-1-3/h5,8-12,16,21,24,27H,4,6-7H2,1-3H3,(H3,19,22,23,28);4H,1-3H3;1-2H3;1H2. The van der Waals surface area contributed by atoms with E-state index in [2.05, 4.69) is 25.1 Å². The second kappa shape index (κ2) is 21.9. The minimum absolute atomic E-state index is 0.0179. The molecule has 5 atom stereocenters. The molecule has 6 N–H and O–H groups in total. The molecule has 2 aromatic heterocycles. The topological polar surface area (TPSA) is 205 Å². The van der Waals surface area contributed by atoms with Gasteiger partial charge in [0.2, 0.25) is 12.9 Å². The molecule has 0 radical (unpaired) electrons. The molecule has 3 heterocycles. The van der Waals surface area contributed by atoms with Crippen molar-refractivity contribution >= 4 is 37.8 Å². The Bertz CT molecular complexity index is 1120. The molecule has 0 amide bonds. The van der Waals surface area contributed by atoms with Gasteiger partial charge in [-0.25, -0.2) is 18.9 Å². The van der Waals surface area contributed by atoms with Gasteiger partial charge in [-0.15, -0.1) is 0 Å². The highest BCUT2D eigenvalue weighted by atomic mass is 31.2. The number of aldehydes is 1. The van der Waals surface area contributed by atoms with E-state index < -0.39 is 51.4 Å². The van der Waals surface area contributed by atoms with Gasteiger partial charge in [0.05, 0.1) is 37.8 Å². The minimum Gasteiger partial charge on any atom is -0.462 e. The zero-order valence-corrected chi connectivity index (χ0v) is 26.8. The molecule has 0 bridgehead atoms. The first kappa shape index (κ1) is 40.3. The lowest BCUT2D eigenvalue weighted by atomic mass is 10.2. The number of aliphatic hydroxyl groups is 1. The summed E-state index contributed by atoms with van der Waals surface area (Å²) in [6, 6.07) is -0.674. The number of alkyl halides is 2. The van der Waals surface area contributed by atoms with Gasteiger partial charge in [-0.3, -0.25) is 24.2 Å². The molecule has 18 heteroatoms. The van der Waals surface area contributed by atoms with Crippen LogP contribution in [0.25, 0.3) is 11.2 Å². The van der Waals surface area contributed by atoms with Crippen LogP contribution in [0, 0.1) is 0 Å². The second-order valence-corrected chi connectivity index (χ2v) is 10.5. The number of aromatic amines is 1. The number of ether oxygens (including phenoxy) is 3. The van der Waals surface area contributed by atoms with Crippen LogP contribution >= 0.6 is 8.45 Å². The van der Waals surface area contributed by atoms with E-state index in [1.54, 1.807) is 27.9 Å². The maximum atomic E-state index is 12.1. The van der Waals surface area contributed by atoms with E-state index in [1.165, 1.54) is 10.9 Å². The van der Waals surface area contributed by atoms with Crippen LogP contribution in [-0.4, -0.2) is 94.5 Å². The Morgan fingerprint density at radius 2 is 1.91 bits per heavy atom. The van der Waals surface area contributed by atoms with Crippen LogP contribution in [0.2, 0.25) is 0 Å². The molecule has 0 saturated carbocycles. The van der Waals surface area contributed by atoms with Crippen molar-refractivity contribution in [3.05, 3.63) is 16.7 Å². The molecule has 15 nitrogen and oxygen atoms in total. The highest BCUT2D eigenvalue weighted by Crippen LogP contribution is 2.34. The van der Waals surface area contributed by atoms with E-state index in [0.29, 0.717) is 12.4 Å². The van der Waals surface area contributed by atoms with E-state index in [0.717, 1.165) is 0 Å². The normalized spacial score (nSPS) is 19.0. The van der Waals surface area contributed by atoms with Crippen molar-refractivity contribution in [3.8, 4) is 0 Å². The average Bonchev–Trinajstić information content (AvgIpc) is 3.54. The van der Waals surface area contributed by atoms with Gasteiger partial charge >= 0.3 is 5.97 Å². The molecule has 5 unspecified atom stereocenters. The summed E-state index contributed by atoms with van der Waals surface area (Å²) in [7, 11) is 0.122. The van der Waals surface area contributed by atoms with Crippen LogP contribution in [0.4, 0.5) is 14.7 Å². The van der Waals surface area contributed by atoms with Crippen LogP contribution in [0.1, 0.15) is 61.1 Å². The summed E-state index contributed by atoms with van der Waals surface area (Å²) < 4.78 is 42.3. The molecule has 1 aliphatic rings. The fourth-order valence-electron chi connectivity index (χ4n) is 3.19. The quantitative estimate of drug-likeness (QED) is 0.128. The zero-order valence-electron chi connectivity index (χ0n) is 25.9. The number of fused-ring (bicyclic) bond motifs is 1. The van der Waals surface area contributed by atoms with Crippen molar-refractivity contribution in [1.29, 1.82) is 0 Å². The Labute approximate surface area is 251 Å². The van der Waals surface area contributed by atoms with Gasteiger partial charge < -0.3 is 34.4 Å². The maximum Gasteiger partial charge on any atom is 0.323 e. The highest BCUT2D eigenvalue weighted by Gasteiger charge is 2.37. The third-order valence-electron chi connectivity index (χ3n) is 5.09. The van der Waals surface area contributed by atoms with Gasteiger partial charge in [0.15, 0.2) is 25.8 Å². The number of esters is 1. The fourth-order valence-corrected chi connectivity index (χ4v) is 4.46. The number of imidazole rings is 1. The molecule has 1 fully saturated rings. The monoisotopic (exact) mass is 641 g/mol. The summed E-state index contributed by atoms with van der Waals surface area (Å²) in [4.78, 5) is 45.3. The number of nitrogens with two attached hydrogens (primary N) is 1. The van der Waals surface area contributed by atoms with Crippen LogP contribution in [0.3, 0.4) is 0 Å². The second-order valence-electron chi connectivity index (χ2n) is 9.07. The van der Waals surface area contributed by atoms with Crippen LogP contribution in [-0.2, 0) is 28.3 Å². The molecule has 43 heavy (non-hydrogen) atoms. The van der Waals surface area contributed by atoms with Crippen LogP contribution in [0.5, 0.6) is 0 Å². The molecule has 1 aliphatic heterocycles. The number of nitrogens with one attached hydrogen (secondary N) is 3. The number of carbonyl (C=O) groups excluding carboxylic acids is 2. The summed E-state index contributed by atoms with van der Waals surface area (Å²) in [6.45, 7) is 11.5. The number of rotatable bonds is 12. The highest BCUT2D eigenvalue weighted by molar-refractivity contribution is 7.48. The number of nitrogen functional groups attached to an aromatic ring is 1. The number of halogens is 2. The number of nitrogens with zero attached hydrogens (tertiary/aromatic N) is 3. The molecule has 2 aromatic rings. The van der Waals surface area contributed by atoms with E-state index in [4.69, 9.17) is 24.5 Å². The molecular formula is C25H46F2N7O8P. The molecule has 3 rings (SSSR count). The largest absolute Gasteiger partial charge is 0.462 e. The first-order chi connectivity index (χ1) is 20.4. The fraction of sp³-hybridized carbons (Fsp3) is 0.720. The van der Waals surface area contributed by atoms with Gasteiger partial charge in [0.25, 0.3) is 5.56 Å². The molecule has 0 aliphatic carbocycles. The van der Waals surface area contributed by atoms with Crippen molar-refractivity contribution in [2.24, 2.45) is 0 Å². The lowest BCUT2D eigenvalue weighted by Crippen LogP contribution is -2.37. The first-order valence-electron chi connectivity index (χ1n) is 13.7. The van der Waals surface area contributed by atoms with Crippen molar-refractivity contribution in [3.63, 3.8) is 0 Å². The Morgan fingerprint density at radius 1 is 1.30 bits per heavy atom. The molecule has 0 spiro atoms. The number of anilines is 1. The van der Waals surface area contributed by atoms with E-state index in [-0.39, 0.29) is 42.8 Å². The third kappa shape index (κ3) is 14.6. The number of hydrogen-bond acceptors (Lipinski definition) is 13. The average molecular weight is 642 g/mol. The van der Waals surface area contributed by atoms with Gasteiger partial charge in [-0.05, 0) is 34.6 Å². The van der Waals surface area contributed by atoms with E-state index in [1.807, 2.05) is 27.7 Å². The Morgan fingerprint density at radius 3 is 2.44 bits per heavy atom. The molecule has 248 valence electrons. The van der Waals surface area contributed by atoms with Gasteiger partial charge in [-0.1, -0.05) is 13.8 Å². The molecule has 1 saturated heterocycles. The lowest BCUT2D eigenvalue weighted by Gasteiger charge is -2.24. The Hall–Kier alpha value is -2.66. The van der Waals surface area contributed by atoms with Gasteiger partial charge in [0, 0.05) is 13.5 Å². The lowest BCUT2D eigenvalue weighted by molar-refractivity contribution is -0.149. The first-order valence-corrected chi connectivity index (χ1v) is 14.9. The number of H-pyrrole nitrogens is 1. The Balaban J connectivity index is 0.00000155. The summed E-state index contributed by atoms with van der Waals surface area (Å²) in [5.41, 5.74) is 5.39. The van der Waals surface area contributed by atoms with Crippen molar-refractivity contribution in [2.45, 2.75) is 91.6 Å². The Kier molecular flexibility index (Phi) is 20.6. The number of methoxy groups -OCH3 is 1. The molecular weight excluding hydrogens is 595 g/mol. The summed E-state index contributed by atoms with van der Waals surface area (Å²) in [5.74, 6) is -0.528. The molecule has 0 aromatic carbocycles. The number of hydrogen-bond donors (Lipinski definition) is 5. The van der Waals surface area contributed by atoms with Crippen LogP contribution < -0.4 is 21.5 Å². The minimum atomic E-state index is -1.75. The maximum absolute atomic E-state index is 12.1. The zero-order chi connectivity index (χ0) is 33.1. The van der Waals surface area contributed by atoms with E-state index >= 15 is 0 Å².